The molecule has 0 aromatic heterocycles. The molecule has 1 N–H and O–H groups in total. The molecule has 2 saturated heterocycles. The zero-order valence-electron chi connectivity index (χ0n) is 22.1. The Morgan fingerprint density at radius 3 is 2.61 bits per heavy atom. The summed E-state index contributed by atoms with van der Waals surface area (Å²) in [6.07, 6.45) is 13.0. The minimum atomic E-state index is -0.854. The van der Waals surface area contributed by atoms with Crippen molar-refractivity contribution in [3.8, 4) is 0 Å². The Hall–Kier alpha value is -2.58. The number of carbonyl (C=O) groups is 3. The Kier molecular flexibility index (Phi) is 8.00. The zero-order valence-corrected chi connectivity index (χ0v) is 22.9. The van der Waals surface area contributed by atoms with Gasteiger partial charge in [-0.3, -0.25) is 14.4 Å². The monoisotopic (exact) mass is 538 g/mol. The second kappa shape index (κ2) is 11.3. The van der Waals surface area contributed by atoms with Crippen LogP contribution >= 0.6 is 11.8 Å². The lowest BCUT2D eigenvalue weighted by Gasteiger charge is -2.37. The highest BCUT2D eigenvalue weighted by Gasteiger charge is 2.73. The number of fused-ring (bicyclic) bond motifs is 2. The van der Waals surface area contributed by atoms with Gasteiger partial charge in [-0.05, 0) is 51.0 Å². The van der Waals surface area contributed by atoms with E-state index in [9.17, 15) is 19.5 Å². The Labute approximate surface area is 229 Å². The number of likely N-dealkylation sites (tertiary alicyclic amines) is 1. The van der Waals surface area contributed by atoms with Crippen molar-refractivity contribution in [1.29, 1.82) is 0 Å². The van der Waals surface area contributed by atoms with Gasteiger partial charge in [0.25, 0.3) is 0 Å². The number of hydrogen-bond donors (Lipinski definition) is 1. The molecule has 0 saturated carbocycles. The first kappa shape index (κ1) is 27.0. The second-order valence-electron chi connectivity index (χ2n) is 11.0. The van der Waals surface area contributed by atoms with Crippen LogP contribution in [0.15, 0.2) is 54.6 Å². The van der Waals surface area contributed by atoms with Gasteiger partial charge in [0, 0.05) is 31.0 Å². The van der Waals surface area contributed by atoms with Gasteiger partial charge < -0.3 is 19.6 Å². The molecule has 4 aliphatic rings. The molecule has 2 fully saturated rings. The van der Waals surface area contributed by atoms with Crippen molar-refractivity contribution in [2.75, 3.05) is 26.3 Å². The van der Waals surface area contributed by atoms with E-state index in [4.69, 9.17) is 4.74 Å². The molecule has 0 bridgehead atoms. The number of hydrogen-bond acceptors (Lipinski definition) is 6. The van der Waals surface area contributed by atoms with E-state index >= 15 is 0 Å². The van der Waals surface area contributed by atoms with E-state index in [1.807, 2.05) is 48.2 Å². The molecule has 5 atom stereocenters. The molecule has 204 valence electrons. The van der Waals surface area contributed by atoms with Gasteiger partial charge in [0.15, 0.2) is 0 Å². The number of rotatable bonds is 7. The van der Waals surface area contributed by atoms with Crippen LogP contribution in [-0.2, 0) is 25.7 Å². The van der Waals surface area contributed by atoms with Crippen molar-refractivity contribution >= 4 is 29.5 Å². The van der Waals surface area contributed by atoms with Crippen LogP contribution in [0.25, 0.3) is 0 Å². The number of carbonyl (C=O) groups excluding carboxylic acids is 3. The highest BCUT2D eigenvalue weighted by Crippen LogP contribution is 2.65. The first-order valence-corrected chi connectivity index (χ1v) is 14.7. The lowest BCUT2D eigenvalue weighted by atomic mass is 9.74. The van der Waals surface area contributed by atoms with Gasteiger partial charge in [0.05, 0.1) is 23.2 Å². The Bertz CT molecular complexity index is 1110. The van der Waals surface area contributed by atoms with Gasteiger partial charge in [-0.25, -0.2) is 0 Å². The molecular weight excluding hydrogens is 500 g/mol. The number of aliphatic hydroxyl groups excluding tert-OH is 1. The molecule has 2 amide bonds. The largest absolute Gasteiger partial charge is 0.465 e. The van der Waals surface area contributed by atoms with Gasteiger partial charge in [-0.15, -0.1) is 11.8 Å². The molecule has 1 unspecified atom stereocenters. The van der Waals surface area contributed by atoms with E-state index in [1.54, 1.807) is 16.7 Å². The van der Waals surface area contributed by atoms with Gasteiger partial charge >= 0.3 is 5.97 Å². The molecule has 4 heterocycles. The predicted molar refractivity (Wildman–Crippen MR) is 147 cm³/mol. The molecule has 0 radical (unpaired) electrons. The topological polar surface area (TPSA) is 87.1 Å². The number of cyclic esters (lactones) is 1. The van der Waals surface area contributed by atoms with E-state index in [1.165, 1.54) is 0 Å². The highest BCUT2D eigenvalue weighted by molar-refractivity contribution is 8.02. The van der Waals surface area contributed by atoms with Crippen LogP contribution in [0, 0.1) is 11.8 Å². The molecule has 1 aromatic carbocycles. The van der Waals surface area contributed by atoms with Crippen molar-refractivity contribution in [2.45, 2.75) is 67.5 Å². The first-order chi connectivity index (χ1) is 18.4. The standard InChI is InChI=1S/C30H38N2O5S/c1-29-15-8-2-3-11-20-37-28(36)24(29)23-26(34)32(18-9-5-10-19-33)25-27(35)31(17-12-16-30(23,25)38-29)21-22-13-6-4-7-14-22/h4,6-8,12-16,23-25,33H,2-3,5,9-11,17-21H2,1H3/b15-8-/t23-,24+,25?,29-,30-/m0/s1. The fourth-order valence-electron chi connectivity index (χ4n) is 6.60. The maximum absolute atomic E-state index is 14.4. The van der Waals surface area contributed by atoms with E-state index in [-0.39, 0.29) is 24.4 Å². The van der Waals surface area contributed by atoms with Gasteiger partial charge in [-0.1, -0.05) is 54.6 Å². The molecule has 1 aromatic rings. The minimum absolute atomic E-state index is 0.0750. The van der Waals surface area contributed by atoms with Crippen LogP contribution in [0.5, 0.6) is 0 Å². The number of thioether (sulfide) groups is 1. The fourth-order valence-corrected chi connectivity index (χ4v) is 8.75. The van der Waals surface area contributed by atoms with Crippen molar-refractivity contribution in [1.82, 2.24) is 9.80 Å². The molecule has 1 spiro atoms. The first-order valence-electron chi connectivity index (χ1n) is 13.9. The highest BCUT2D eigenvalue weighted by atomic mass is 32.2. The average molecular weight is 539 g/mol. The summed E-state index contributed by atoms with van der Waals surface area (Å²) < 4.78 is 4.22. The van der Waals surface area contributed by atoms with E-state index in [2.05, 4.69) is 18.2 Å². The summed E-state index contributed by atoms with van der Waals surface area (Å²) in [5.74, 6) is -1.89. The van der Waals surface area contributed by atoms with Crippen LogP contribution in [0.2, 0.25) is 0 Å². The number of amides is 2. The zero-order chi connectivity index (χ0) is 26.8. The van der Waals surface area contributed by atoms with E-state index < -0.39 is 27.4 Å². The molecule has 5 rings (SSSR count). The number of allylic oxidation sites excluding steroid dienone is 1. The third-order valence-electron chi connectivity index (χ3n) is 8.36. The maximum Gasteiger partial charge on any atom is 0.311 e. The third kappa shape index (κ3) is 4.81. The quantitative estimate of drug-likeness (QED) is 0.324. The summed E-state index contributed by atoms with van der Waals surface area (Å²) >= 11 is 1.59. The number of esters is 1. The number of benzene rings is 1. The summed E-state index contributed by atoms with van der Waals surface area (Å²) in [5, 5.41) is 9.25. The minimum Gasteiger partial charge on any atom is -0.465 e. The van der Waals surface area contributed by atoms with Crippen LogP contribution in [0.3, 0.4) is 0 Å². The molecule has 38 heavy (non-hydrogen) atoms. The Balaban J connectivity index is 1.55. The predicted octanol–water partition coefficient (Wildman–Crippen LogP) is 3.72. The Morgan fingerprint density at radius 2 is 1.82 bits per heavy atom. The van der Waals surface area contributed by atoms with Crippen LogP contribution in [0.4, 0.5) is 0 Å². The summed E-state index contributed by atoms with van der Waals surface area (Å²) in [7, 11) is 0. The van der Waals surface area contributed by atoms with Crippen molar-refractivity contribution in [3.63, 3.8) is 0 Å². The summed E-state index contributed by atoms with van der Waals surface area (Å²) in [6, 6.07) is 9.20. The van der Waals surface area contributed by atoms with Crippen LogP contribution < -0.4 is 0 Å². The number of unbranched alkanes of at least 4 members (excludes halogenated alkanes) is 2. The SMILES string of the molecule is C[C@]12/C=C\CCCCOC(=O)[C@H]1[C@H]1C(=O)N(CCCCCO)C3C(=O)N(Cc4ccccc4)CC=C[C@@]31S2. The van der Waals surface area contributed by atoms with Crippen molar-refractivity contribution in [3.05, 3.63) is 60.2 Å². The number of nitrogens with zero attached hydrogens (tertiary/aromatic N) is 2. The molecule has 7 nitrogen and oxygen atoms in total. The lowest BCUT2D eigenvalue weighted by Crippen LogP contribution is -2.53. The smallest absolute Gasteiger partial charge is 0.311 e. The lowest BCUT2D eigenvalue weighted by molar-refractivity contribution is -0.154. The Morgan fingerprint density at radius 1 is 1.00 bits per heavy atom. The normalized spacial score (nSPS) is 33.8. The summed E-state index contributed by atoms with van der Waals surface area (Å²) in [6.45, 7) is 3.82. The second-order valence-corrected chi connectivity index (χ2v) is 12.8. The van der Waals surface area contributed by atoms with E-state index in [0.29, 0.717) is 39.1 Å². The number of aliphatic hydroxyl groups is 1. The van der Waals surface area contributed by atoms with Gasteiger partial charge in [0.1, 0.15) is 6.04 Å². The summed E-state index contributed by atoms with van der Waals surface area (Å²) in [5.41, 5.74) is 1.03. The molecular formula is C30H38N2O5S. The molecule has 8 heteroatoms. The van der Waals surface area contributed by atoms with Crippen molar-refractivity contribution < 1.29 is 24.2 Å². The van der Waals surface area contributed by atoms with Crippen LogP contribution in [-0.4, -0.2) is 74.5 Å². The third-order valence-corrected chi connectivity index (χ3v) is 10.2. The fraction of sp³-hybridized carbons (Fsp3) is 0.567. The number of ether oxygens (including phenoxy) is 1. The summed E-state index contributed by atoms with van der Waals surface area (Å²) in [4.78, 5) is 45.7. The van der Waals surface area contributed by atoms with E-state index in [0.717, 1.165) is 31.2 Å². The van der Waals surface area contributed by atoms with Crippen molar-refractivity contribution in [2.24, 2.45) is 11.8 Å². The maximum atomic E-state index is 14.4. The molecule has 0 aliphatic carbocycles. The average Bonchev–Trinajstić information content (AvgIpc) is 3.24. The molecule has 4 aliphatic heterocycles. The van der Waals surface area contributed by atoms with Gasteiger partial charge in [0.2, 0.25) is 11.8 Å². The van der Waals surface area contributed by atoms with Gasteiger partial charge in [-0.2, -0.15) is 0 Å². The van der Waals surface area contributed by atoms with Crippen LogP contribution in [0.1, 0.15) is 51.0 Å².